The fourth-order valence-electron chi connectivity index (χ4n) is 9.94. The number of alkyl carbamates (subject to hydrolysis) is 2. The summed E-state index contributed by atoms with van der Waals surface area (Å²) in [7, 11) is 4.23. The number of H-pyrrole nitrogens is 2. The van der Waals surface area contributed by atoms with E-state index < -0.39 is 30.3 Å². The molecular formula is C50H56N8O8. The smallest absolute Gasteiger partial charge is 0.407 e. The number of aromatic amines is 2. The highest BCUT2D eigenvalue weighted by Gasteiger charge is 2.43. The lowest BCUT2D eigenvalue weighted by atomic mass is 9.92. The molecule has 2 fully saturated rings. The van der Waals surface area contributed by atoms with Gasteiger partial charge in [0, 0.05) is 37.1 Å². The molecule has 4 N–H and O–H groups in total. The number of ether oxygens (including phenoxy) is 4. The zero-order valence-corrected chi connectivity index (χ0v) is 38.1. The van der Waals surface area contributed by atoms with Crippen LogP contribution in [0.4, 0.5) is 9.59 Å². The molecule has 344 valence electrons. The number of likely N-dealkylation sites (tertiary alicyclic amines) is 2. The van der Waals surface area contributed by atoms with Crippen LogP contribution in [0.2, 0.25) is 0 Å². The molecule has 4 amide bonds. The van der Waals surface area contributed by atoms with Gasteiger partial charge in [0.2, 0.25) is 5.91 Å². The zero-order valence-electron chi connectivity index (χ0n) is 38.1. The first-order valence-electron chi connectivity index (χ1n) is 22.6. The Labute approximate surface area is 382 Å². The number of benzene rings is 4. The second-order valence-electron chi connectivity index (χ2n) is 17.9. The predicted octanol–water partition coefficient (Wildman–Crippen LogP) is 7.98. The zero-order chi connectivity index (χ0) is 46.2. The van der Waals surface area contributed by atoms with Gasteiger partial charge in [-0.3, -0.25) is 9.59 Å². The average molecular weight is 897 g/mol. The van der Waals surface area contributed by atoms with Gasteiger partial charge in [-0.05, 0) is 76.6 Å². The van der Waals surface area contributed by atoms with Gasteiger partial charge in [0.25, 0.3) is 5.91 Å². The van der Waals surface area contributed by atoms with Crippen molar-refractivity contribution in [1.82, 2.24) is 40.4 Å². The molecule has 6 aromatic rings. The predicted molar refractivity (Wildman–Crippen MR) is 247 cm³/mol. The van der Waals surface area contributed by atoms with Crippen LogP contribution in [0.15, 0.2) is 79.0 Å². The van der Waals surface area contributed by atoms with Crippen molar-refractivity contribution in [1.29, 1.82) is 0 Å². The van der Waals surface area contributed by atoms with E-state index in [1.165, 1.54) is 14.2 Å². The molecule has 0 bridgehead atoms. The normalized spacial score (nSPS) is 20.3. The third-order valence-corrected chi connectivity index (χ3v) is 13.5. The van der Waals surface area contributed by atoms with Crippen LogP contribution >= 0.6 is 0 Å². The number of carbonyl (C=O) groups is 4. The summed E-state index contributed by atoms with van der Waals surface area (Å²) >= 11 is 0. The van der Waals surface area contributed by atoms with Crippen LogP contribution in [-0.4, -0.2) is 101 Å². The van der Waals surface area contributed by atoms with Crippen molar-refractivity contribution in [2.45, 2.75) is 70.8 Å². The lowest BCUT2D eigenvalue weighted by Crippen LogP contribution is -2.51. The van der Waals surface area contributed by atoms with Crippen LogP contribution in [0.25, 0.3) is 44.2 Å². The standard InChI is InChI=1S/C50H56N8O8/c1-7-28(3)42(55-49(61)64-5)47(59)57-23-27(2)17-39(57)45-51-22-38(53-45)32-13-15-34-33(19-32)26-66-41-21-35-31(20-36(34)41)14-16-37-44(35)54-46(52-37)40-18-29(25-63-4)24-58(40)48(60)43(56-50(62)65-6)30-11-9-8-10-12-30/h8-16,19-22,27-29,39-40,42-43H,7,17-18,23-26H2,1-6H3,(H,51,53)(H,52,54)(H,55,61)(H,56,62)/t27-,28+,29-,39-,40-,42-,43+/m0/s1. The number of nitrogens with zero attached hydrogens (tertiary/aromatic N) is 4. The quantitative estimate of drug-likeness (QED) is 0.0936. The Morgan fingerprint density at radius 3 is 2.36 bits per heavy atom. The number of amides is 4. The Morgan fingerprint density at radius 1 is 0.848 bits per heavy atom. The van der Waals surface area contributed by atoms with Gasteiger partial charge in [-0.25, -0.2) is 19.6 Å². The fraction of sp³-hybridized carbons (Fsp3) is 0.400. The molecule has 66 heavy (non-hydrogen) atoms. The van der Waals surface area contributed by atoms with Crippen LogP contribution in [0, 0.1) is 17.8 Å². The number of nitrogens with one attached hydrogen (secondary N) is 4. The average Bonchev–Trinajstić information content (AvgIpc) is 4.17. The van der Waals surface area contributed by atoms with Crippen LogP contribution in [-0.2, 0) is 30.4 Å². The molecule has 16 heteroatoms. The van der Waals surface area contributed by atoms with E-state index in [9.17, 15) is 19.2 Å². The molecule has 0 saturated carbocycles. The lowest BCUT2D eigenvalue weighted by molar-refractivity contribution is -0.136. The Morgan fingerprint density at radius 2 is 1.61 bits per heavy atom. The van der Waals surface area contributed by atoms with Crippen LogP contribution < -0.4 is 15.4 Å². The first-order valence-corrected chi connectivity index (χ1v) is 22.6. The molecule has 2 aromatic heterocycles. The maximum atomic E-state index is 14.4. The number of hydrogen-bond donors (Lipinski definition) is 4. The number of methoxy groups -OCH3 is 3. The van der Waals surface area contributed by atoms with Gasteiger partial charge in [0.1, 0.15) is 36.1 Å². The summed E-state index contributed by atoms with van der Waals surface area (Å²) in [5.41, 5.74) is 7.10. The monoisotopic (exact) mass is 896 g/mol. The maximum absolute atomic E-state index is 14.4. The number of imidazole rings is 2. The van der Waals surface area contributed by atoms with Gasteiger partial charge in [-0.15, -0.1) is 0 Å². The van der Waals surface area contributed by atoms with E-state index in [0.29, 0.717) is 56.4 Å². The van der Waals surface area contributed by atoms with Crippen molar-refractivity contribution < 1.29 is 38.1 Å². The summed E-state index contributed by atoms with van der Waals surface area (Å²) in [6.07, 6.45) is 2.58. The SMILES string of the molecule is CC[C@@H](C)[C@H](NC(=O)OC)C(=O)N1C[C@@H](C)C[C@H]1c1ncc(-c2ccc3c(c2)COc2cc4c(ccc5[nH]c([C@@H]6C[C@H](COC)CN6C(=O)[C@H](NC(=O)OC)c6ccccc6)nc54)cc2-3)[nH]1. The van der Waals surface area contributed by atoms with Crippen LogP contribution in [0.3, 0.4) is 0 Å². The Hall–Kier alpha value is -6.94. The lowest BCUT2D eigenvalue weighted by Gasteiger charge is -2.30. The van der Waals surface area contributed by atoms with E-state index in [-0.39, 0.29) is 35.6 Å². The Kier molecular flexibility index (Phi) is 12.4. The summed E-state index contributed by atoms with van der Waals surface area (Å²) in [5.74, 6) is 1.94. The van der Waals surface area contributed by atoms with E-state index >= 15 is 0 Å². The van der Waals surface area contributed by atoms with Gasteiger partial charge >= 0.3 is 12.2 Å². The molecule has 5 heterocycles. The highest BCUT2D eigenvalue weighted by Crippen LogP contribution is 2.44. The van der Waals surface area contributed by atoms with Crippen molar-refractivity contribution in [2.75, 3.05) is 41.0 Å². The summed E-state index contributed by atoms with van der Waals surface area (Å²) in [4.78, 5) is 73.8. The molecule has 3 aliphatic heterocycles. The maximum Gasteiger partial charge on any atom is 0.407 e. The molecular weight excluding hydrogens is 841 g/mol. The molecule has 16 nitrogen and oxygen atoms in total. The summed E-state index contributed by atoms with van der Waals surface area (Å²) in [5, 5.41) is 7.43. The van der Waals surface area contributed by atoms with E-state index in [1.54, 1.807) is 12.0 Å². The minimum Gasteiger partial charge on any atom is -0.488 e. The van der Waals surface area contributed by atoms with Crippen molar-refractivity contribution in [3.63, 3.8) is 0 Å². The van der Waals surface area contributed by atoms with Gasteiger partial charge in [0.05, 0.1) is 55.8 Å². The highest BCUT2D eigenvalue weighted by atomic mass is 16.5. The van der Waals surface area contributed by atoms with Gasteiger partial charge in [-0.1, -0.05) is 75.7 Å². The van der Waals surface area contributed by atoms with Gasteiger partial charge in [-0.2, -0.15) is 0 Å². The molecule has 0 aliphatic carbocycles. The summed E-state index contributed by atoms with van der Waals surface area (Å²) in [6.45, 7) is 7.91. The summed E-state index contributed by atoms with van der Waals surface area (Å²) < 4.78 is 21.8. The number of carbonyl (C=O) groups excluding carboxylic acids is 4. The van der Waals surface area contributed by atoms with Crippen molar-refractivity contribution in [2.24, 2.45) is 17.8 Å². The number of fused-ring (bicyclic) bond motifs is 6. The van der Waals surface area contributed by atoms with Crippen LogP contribution in [0.1, 0.15) is 80.9 Å². The fourth-order valence-corrected chi connectivity index (χ4v) is 9.94. The molecule has 9 rings (SSSR count). The summed E-state index contributed by atoms with van der Waals surface area (Å²) in [6, 6.07) is 21.4. The molecule has 3 aliphatic rings. The molecule has 2 saturated heterocycles. The molecule has 7 atom stereocenters. The Balaban J connectivity index is 0.979. The first kappa shape index (κ1) is 44.3. The van der Waals surface area contributed by atoms with E-state index in [2.05, 4.69) is 63.9 Å². The van der Waals surface area contributed by atoms with E-state index in [1.807, 2.05) is 61.3 Å². The largest absolute Gasteiger partial charge is 0.488 e. The molecule has 0 unspecified atom stereocenters. The van der Waals surface area contributed by atoms with Crippen molar-refractivity contribution in [3.8, 4) is 28.1 Å². The third-order valence-electron chi connectivity index (χ3n) is 13.5. The number of aromatic nitrogens is 4. The number of hydrogen-bond acceptors (Lipinski definition) is 10. The van der Waals surface area contributed by atoms with Crippen molar-refractivity contribution >= 4 is 45.8 Å². The second-order valence-corrected chi connectivity index (χ2v) is 17.9. The highest BCUT2D eigenvalue weighted by molar-refractivity contribution is 6.07. The topological polar surface area (TPSA) is 193 Å². The second kappa shape index (κ2) is 18.5. The molecule has 0 spiro atoms. The minimum atomic E-state index is -0.956. The van der Waals surface area contributed by atoms with E-state index in [4.69, 9.17) is 28.9 Å². The first-order chi connectivity index (χ1) is 32.0. The number of rotatable bonds is 12. The van der Waals surface area contributed by atoms with Crippen LogP contribution in [0.5, 0.6) is 5.75 Å². The van der Waals surface area contributed by atoms with Gasteiger partial charge < -0.3 is 49.3 Å². The van der Waals surface area contributed by atoms with Crippen molar-refractivity contribution in [3.05, 3.63) is 102 Å². The molecule has 0 radical (unpaired) electrons. The van der Waals surface area contributed by atoms with Gasteiger partial charge in [0.15, 0.2) is 0 Å². The third kappa shape index (κ3) is 8.41. The minimum absolute atomic E-state index is 0.0579. The Bertz CT molecular complexity index is 2790. The van der Waals surface area contributed by atoms with E-state index in [0.717, 1.165) is 61.9 Å². The molecule has 4 aromatic carbocycles.